The molecule has 1 aromatic carbocycles. The second-order valence-electron chi connectivity index (χ2n) is 3.71. The molecule has 0 saturated carbocycles. The van der Waals surface area contributed by atoms with Gasteiger partial charge in [-0.15, -0.1) is 0 Å². The smallest absolute Gasteiger partial charge is 0.291 e. The average molecular weight is 298 g/mol. The van der Waals surface area contributed by atoms with E-state index in [2.05, 4.69) is 10.5 Å². The van der Waals surface area contributed by atoms with E-state index in [1.54, 1.807) is 0 Å². The number of amides is 1. The maximum Gasteiger partial charge on any atom is 0.291 e. The number of oxime groups is 1. The minimum absolute atomic E-state index is 0.0397. The molecule has 0 aliphatic carbocycles. The Balaban J connectivity index is 2.34. The topological polar surface area (TPSA) is 101 Å². The van der Waals surface area contributed by atoms with Crippen LogP contribution in [0.5, 0.6) is 0 Å². The Kier molecular flexibility index (Phi) is 3.90. The summed E-state index contributed by atoms with van der Waals surface area (Å²) in [5.74, 6) is -1.90. The van der Waals surface area contributed by atoms with Gasteiger partial charge in [0.05, 0.1) is 11.3 Å². The molecule has 0 aliphatic rings. The van der Waals surface area contributed by atoms with Crippen LogP contribution in [0.15, 0.2) is 39.9 Å². The molecule has 8 heteroatoms. The second kappa shape index (κ2) is 5.62. The lowest BCUT2D eigenvalue weighted by Gasteiger charge is -2.09. The fourth-order valence-corrected chi connectivity index (χ4v) is 1.70. The molecule has 0 aliphatic heterocycles. The van der Waals surface area contributed by atoms with Crippen LogP contribution in [0, 0.1) is 5.82 Å². The molecule has 2 aromatic rings. The SMILES string of the molecule is N/C(=N/O)c1c(F)cccc1NC(=O)c1ccc(Cl)o1. The Hall–Kier alpha value is -2.54. The summed E-state index contributed by atoms with van der Waals surface area (Å²) >= 11 is 5.56. The normalized spacial score (nSPS) is 11.4. The first kappa shape index (κ1) is 13.9. The van der Waals surface area contributed by atoms with Gasteiger partial charge in [-0.3, -0.25) is 4.79 Å². The van der Waals surface area contributed by atoms with Crippen molar-refractivity contribution in [3.63, 3.8) is 0 Å². The number of nitrogens with zero attached hydrogens (tertiary/aromatic N) is 1. The molecule has 0 fully saturated rings. The van der Waals surface area contributed by atoms with Crippen molar-refractivity contribution in [1.29, 1.82) is 0 Å². The minimum atomic E-state index is -0.740. The summed E-state index contributed by atoms with van der Waals surface area (Å²) in [5.41, 5.74) is 5.20. The van der Waals surface area contributed by atoms with E-state index in [9.17, 15) is 9.18 Å². The van der Waals surface area contributed by atoms with Crippen LogP contribution in [-0.2, 0) is 0 Å². The van der Waals surface area contributed by atoms with Gasteiger partial charge in [-0.2, -0.15) is 0 Å². The molecule has 0 saturated heterocycles. The number of anilines is 1. The van der Waals surface area contributed by atoms with Crippen molar-refractivity contribution in [1.82, 2.24) is 0 Å². The van der Waals surface area contributed by atoms with Crippen LogP contribution in [0.1, 0.15) is 16.1 Å². The van der Waals surface area contributed by atoms with Gasteiger partial charge in [-0.05, 0) is 35.9 Å². The van der Waals surface area contributed by atoms with Crippen molar-refractivity contribution in [3.8, 4) is 0 Å². The molecule has 4 N–H and O–H groups in total. The summed E-state index contributed by atoms with van der Waals surface area (Å²) in [6.45, 7) is 0. The van der Waals surface area contributed by atoms with Gasteiger partial charge in [0.2, 0.25) is 0 Å². The van der Waals surface area contributed by atoms with Crippen molar-refractivity contribution in [2.75, 3.05) is 5.32 Å². The summed E-state index contributed by atoms with van der Waals surface area (Å²) in [7, 11) is 0. The molecule has 0 bridgehead atoms. The van der Waals surface area contributed by atoms with E-state index < -0.39 is 17.6 Å². The van der Waals surface area contributed by atoms with E-state index in [0.29, 0.717) is 0 Å². The monoisotopic (exact) mass is 297 g/mol. The number of nitrogens with one attached hydrogen (secondary N) is 1. The highest BCUT2D eigenvalue weighted by atomic mass is 35.5. The Labute approximate surface area is 117 Å². The van der Waals surface area contributed by atoms with E-state index in [0.717, 1.165) is 6.07 Å². The molecule has 104 valence electrons. The molecule has 6 nitrogen and oxygen atoms in total. The number of carbonyl (C=O) groups is 1. The molecular formula is C12H9ClFN3O3. The van der Waals surface area contributed by atoms with E-state index in [1.165, 1.54) is 24.3 Å². The third-order valence-corrected chi connectivity index (χ3v) is 2.63. The fraction of sp³-hybridized carbons (Fsp3) is 0. The van der Waals surface area contributed by atoms with Crippen LogP contribution in [0.2, 0.25) is 5.22 Å². The first-order valence-electron chi connectivity index (χ1n) is 5.36. The van der Waals surface area contributed by atoms with Crippen molar-refractivity contribution >= 4 is 29.0 Å². The zero-order valence-corrected chi connectivity index (χ0v) is 10.7. The quantitative estimate of drug-likeness (QED) is 0.350. The molecule has 1 aromatic heterocycles. The highest BCUT2D eigenvalue weighted by molar-refractivity contribution is 6.29. The number of furan rings is 1. The summed E-state index contributed by atoms with van der Waals surface area (Å²) in [6, 6.07) is 6.65. The fourth-order valence-electron chi connectivity index (χ4n) is 1.56. The summed E-state index contributed by atoms with van der Waals surface area (Å²) in [4.78, 5) is 11.9. The van der Waals surface area contributed by atoms with Crippen molar-refractivity contribution in [2.45, 2.75) is 0 Å². The number of amidine groups is 1. The summed E-state index contributed by atoms with van der Waals surface area (Å²) in [6.07, 6.45) is 0. The first-order chi connectivity index (χ1) is 9.52. The number of halogens is 2. The van der Waals surface area contributed by atoms with Gasteiger partial charge in [0.1, 0.15) is 5.82 Å². The van der Waals surface area contributed by atoms with Crippen molar-refractivity contribution in [3.05, 3.63) is 52.7 Å². The molecule has 1 amide bonds. The van der Waals surface area contributed by atoms with Gasteiger partial charge in [0.25, 0.3) is 5.91 Å². The average Bonchev–Trinajstić information content (AvgIpc) is 2.85. The lowest BCUT2D eigenvalue weighted by molar-refractivity contribution is 0.0996. The van der Waals surface area contributed by atoms with Crippen LogP contribution in [0.3, 0.4) is 0 Å². The highest BCUT2D eigenvalue weighted by Gasteiger charge is 2.17. The first-order valence-corrected chi connectivity index (χ1v) is 5.74. The molecule has 0 unspecified atom stereocenters. The number of nitrogens with two attached hydrogens (primary N) is 1. The van der Waals surface area contributed by atoms with Crippen LogP contribution >= 0.6 is 11.6 Å². The molecule has 20 heavy (non-hydrogen) atoms. The van der Waals surface area contributed by atoms with Crippen LogP contribution in [0.4, 0.5) is 10.1 Å². The van der Waals surface area contributed by atoms with E-state index in [4.69, 9.17) is 27.0 Å². The van der Waals surface area contributed by atoms with E-state index in [-0.39, 0.29) is 22.2 Å². The van der Waals surface area contributed by atoms with Gasteiger partial charge in [-0.25, -0.2) is 4.39 Å². The highest BCUT2D eigenvalue weighted by Crippen LogP contribution is 2.21. The summed E-state index contributed by atoms with van der Waals surface area (Å²) < 4.78 is 18.6. The Bertz CT molecular complexity index is 684. The van der Waals surface area contributed by atoms with Gasteiger partial charge >= 0.3 is 0 Å². The van der Waals surface area contributed by atoms with Crippen molar-refractivity contribution < 1.29 is 18.8 Å². The molecular weight excluding hydrogens is 289 g/mol. The minimum Gasteiger partial charge on any atom is -0.440 e. The number of hydrogen-bond donors (Lipinski definition) is 3. The molecule has 2 rings (SSSR count). The Morgan fingerprint density at radius 1 is 1.40 bits per heavy atom. The van der Waals surface area contributed by atoms with Gasteiger partial charge in [0.15, 0.2) is 16.8 Å². The lowest BCUT2D eigenvalue weighted by Crippen LogP contribution is -2.20. The number of carbonyl (C=O) groups excluding carboxylic acids is 1. The van der Waals surface area contributed by atoms with Gasteiger partial charge in [0, 0.05) is 0 Å². The van der Waals surface area contributed by atoms with E-state index in [1.807, 2.05) is 0 Å². The zero-order valence-electron chi connectivity index (χ0n) is 9.93. The third-order valence-electron chi connectivity index (χ3n) is 2.42. The van der Waals surface area contributed by atoms with Crippen LogP contribution < -0.4 is 11.1 Å². The van der Waals surface area contributed by atoms with Gasteiger partial charge < -0.3 is 20.7 Å². The Morgan fingerprint density at radius 3 is 2.75 bits per heavy atom. The molecule has 0 radical (unpaired) electrons. The van der Waals surface area contributed by atoms with Crippen molar-refractivity contribution in [2.24, 2.45) is 10.9 Å². The zero-order chi connectivity index (χ0) is 14.7. The maximum absolute atomic E-state index is 13.7. The number of benzene rings is 1. The lowest BCUT2D eigenvalue weighted by atomic mass is 10.1. The van der Waals surface area contributed by atoms with Gasteiger partial charge in [-0.1, -0.05) is 11.2 Å². The molecule has 0 atom stereocenters. The molecule has 1 heterocycles. The number of rotatable bonds is 3. The maximum atomic E-state index is 13.7. The summed E-state index contributed by atoms with van der Waals surface area (Å²) in [5, 5.41) is 13.8. The Morgan fingerprint density at radius 2 is 2.15 bits per heavy atom. The van der Waals surface area contributed by atoms with E-state index >= 15 is 0 Å². The molecule has 0 spiro atoms. The van der Waals surface area contributed by atoms with Crippen LogP contribution in [-0.4, -0.2) is 17.0 Å². The standard InChI is InChI=1S/C12H9ClFN3O3/c13-9-5-4-8(20-9)12(18)16-7-3-1-2-6(14)10(7)11(15)17-19/h1-5,19H,(H2,15,17)(H,16,18). The third kappa shape index (κ3) is 2.72. The second-order valence-corrected chi connectivity index (χ2v) is 4.08. The predicted molar refractivity (Wildman–Crippen MR) is 70.6 cm³/mol. The number of hydrogen-bond acceptors (Lipinski definition) is 4. The predicted octanol–water partition coefficient (Wildman–Crippen LogP) is 2.42. The largest absolute Gasteiger partial charge is 0.440 e. The van der Waals surface area contributed by atoms with Crippen LogP contribution in [0.25, 0.3) is 0 Å².